The highest BCUT2D eigenvalue weighted by molar-refractivity contribution is 5.88. The quantitative estimate of drug-likeness (QED) is 0.291. The number of amides is 1. The second kappa shape index (κ2) is 9.46. The third-order valence-electron chi connectivity index (χ3n) is 6.87. The Labute approximate surface area is 208 Å². The van der Waals surface area contributed by atoms with Crippen molar-refractivity contribution in [1.29, 1.82) is 0 Å². The van der Waals surface area contributed by atoms with Crippen LogP contribution in [0.5, 0.6) is 5.75 Å². The average Bonchev–Trinajstić information content (AvgIpc) is 3.45. The molecule has 1 aliphatic heterocycles. The van der Waals surface area contributed by atoms with E-state index in [1.54, 1.807) is 12.1 Å². The molecule has 180 valence electrons. The summed E-state index contributed by atoms with van der Waals surface area (Å²) in [5.74, 6) is 1.58. The molecule has 6 heteroatoms. The third-order valence-corrected chi connectivity index (χ3v) is 6.87. The van der Waals surface area contributed by atoms with Gasteiger partial charge in [-0.05, 0) is 41.3 Å². The second-order valence-corrected chi connectivity index (χ2v) is 9.24. The Morgan fingerprint density at radius 1 is 0.917 bits per heavy atom. The van der Waals surface area contributed by atoms with E-state index in [-0.39, 0.29) is 17.6 Å². The molecule has 0 N–H and O–H groups in total. The minimum absolute atomic E-state index is 0.0112. The topological polar surface area (TPSA) is 47.4 Å². The Morgan fingerprint density at radius 2 is 1.69 bits per heavy atom. The van der Waals surface area contributed by atoms with E-state index < -0.39 is 0 Å². The molecule has 1 unspecified atom stereocenters. The van der Waals surface area contributed by atoms with Gasteiger partial charge in [0.2, 0.25) is 5.91 Å². The number of fused-ring (bicyclic) bond motifs is 2. The van der Waals surface area contributed by atoms with Gasteiger partial charge in [-0.3, -0.25) is 4.79 Å². The molecule has 36 heavy (non-hydrogen) atoms. The van der Waals surface area contributed by atoms with Crippen molar-refractivity contribution in [2.45, 2.75) is 25.4 Å². The van der Waals surface area contributed by atoms with Crippen LogP contribution >= 0.6 is 0 Å². The zero-order chi connectivity index (χ0) is 24.5. The van der Waals surface area contributed by atoms with E-state index in [0.29, 0.717) is 32.7 Å². The number of rotatable bonds is 7. The molecule has 0 radical (unpaired) electrons. The standard InChI is InChI=1S/C30H26FN3O2/c31-24-14-12-21(13-15-24)19-33-20-23(18-29(33)35)30-32-26-9-3-4-10-27(26)34(30)16-17-36-28-11-5-7-22-6-1-2-8-25(22)28/h1-15,23H,16-20H2. The lowest BCUT2D eigenvalue weighted by Gasteiger charge is -2.18. The molecule has 1 amide bonds. The smallest absolute Gasteiger partial charge is 0.223 e. The van der Waals surface area contributed by atoms with Crippen LogP contribution < -0.4 is 4.74 Å². The summed E-state index contributed by atoms with van der Waals surface area (Å²) in [4.78, 5) is 19.6. The average molecular weight is 480 g/mol. The maximum atomic E-state index is 13.3. The number of hydrogen-bond donors (Lipinski definition) is 0. The van der Waals surface area contributed by atoms with Crippen LogP contribution in [0.1, 0.15) is 23.7 Å². The molecule has 0 aliphatic carbocycles. The van der Waals surface area contributed by atoms with Crippen molar-refractivity contribution < 1.29 is 13.9 Å². The summed E-state index contributed by atoms with van der Waals surface area (Å²) in [7, 11) is 0. The summed E-state index contributed by atoms with van der Waals surface area (Å²) in [5, 5.41) is 2.24. The van der Waals surface area contributed by atoms with Crippen LogP contribution in [0.4, 0.5) is 4.39 Å². The predicted molar refractivity (Wildman–Crippen MR) is 138 cm³/mol. The molecule has 1 atom stereocenters. The van der Waals surface area contributed by atoms with Gasteiger partial charge in [0.25, 0.3) is 0 Å². The molecule has 0 saturated carbocycles. The lowest BCUT2D eigenvalue weighted by atomic mass is 10.1. The van der Waals surface area contributed by atoms with Gasteiger partial charge in [0.1, 0.15) is 24.0 Å². The molecule has 1 saturated heterocycles. The molecular weight excluding hydrogens is 453 g/mol. The summed E-state index contributed by atoms with van der Waals surface area (Å²) in [6.07, 6.45) is 0.411. The number of aromatic nitrogens is 2. The highest BCUT2D eigenvalue weighted by Crippen LogP contribution is 2.32. The van der Waals surface area contributed by atoms with Gasteiger partial charge in [-0.2, -0.15) is 0 Å². The van der Waals surface area contributed by atoms with Gasteiger partial charge in [-0.25, -0.2) is 9.37 Å². The maximum Gasteiger partial charge on any atom is 0.223 e. The number of para-hydroxylation sites is 2. The normalized spacial score (nSPS) is 15.8. The van der Waals surface area contributed by atoms with Crippen LogP contribution in [0.25, 0.3) is 21.8 Å². The van der Waals surface area contributed by atoms with Crippen LogP contribution in [0.15, 0.2) is 91.0 Å². The molecule has 0 bridgehead atoms. The fourth-order valence-corrected chi connectivity index (χ4v) is 5.12. The third kappa shape index (κ3) is 4.31. The number of imidazole rings is 1. The van der Waals surface area contributed by atoms with E-state index in [0.717, 1.165) is 38.9 Å². The van der Waals surface area contributed by atoms with Crippen LogP contribution in [0.2, 0.25) is 0 Å². The maximum absolute atomic E-state index is 13.3. The van der Waals surface area contributed by atoms with Crippen molar-refractivity contribution >= 4 is 27.7 Å². The zero-order valence-electron chi connectivity index (χ0n) is 19.8. The van der Waals surface area contributed by atoms with Crippen molar-refractivity contribution in [3.8, 4) is 5.75 Å². The molecule has 4 aromatic carbocycles. The lowest BCUT2D eigenvalue weighted by molar-refractivity contribution is -0.128. The minimum atomic E-state index is -0.274. The monoisotopic (exact) mass is 479 g/mol. The summed E-state index contributed by atoms with van der Waals surface area (Å²) in [6.45, 7) is 2.17. The largest absolute Gasteiger partial charge is 0.491 e. The van der Waals surface area contributed by atoms with Crippen molar-refractivity contribution in [1.82, 2.24) is 14.5 Å². The first kappa shape index (κ1) is 22.3. The van der Waals surface area contributed by atoms with E-state index >= 15 is 0 Å². The number of likely N-dealkylation sites (tertiary alicyclic amines) is 1. The van der Waals surface area contributed by atoms with E-state index in [2.05, 4.69) is 28.8 Å². The second-order valence-electron chi connectivity index (χ2n) is 9.24. The number of carbonyl (C=O) groups excluding carboxylic acids is 1. The SMILES string of the molecule is O=C1CC(c2nc3ccccc3n2CCOc2cccc3ccccc23)CN1Cc1ccc(F)cc1. The van der Waals surface area contributed by atoms with Gasteiger partial charge in [0.15, 0.2) is 0 Å². The number of halogens is 1. The molecule has 1 aliphatic rings. The highest BCUT2D eigenvalue weighted by Gasteiger charge is 2.34. The van der Waals surface area contributed by atoms with E-state index in [1.165, 1.54) is 12.1 Å². The summed E-state index contributed by atoms with van der Waals surface area (Å²) < 4.78 is 21.7. The van der Waals surface area contributed by atoms with Gasteiger partial charge in [0.05, 0.1) is 17.6 Å². The minimum Gasteiger partial charge on any atom is -0.491 e. The molecule has 0 spiro atoms. The lowest BCUT2D eigenvalue weighted by Crippen LogP contribution is -2.24. The van der Waals surface area contributed by atoms with Crippen LogP contribution in [0, 0.1) is 5.82 Å². The summed E-state index contributed by atoms with van der Waals surface area (Å²) in [5.41, 5.74) is 2.88. The first-order chi connectivity index (χ1) is 17.7. The van der Waals surface area contributed by atoms with Crippen molar-refractivity contribution in [2.75, 3.05) is 13.2 Å². The van der Waals surface area contributed by atoms with Gasteiger partial charge in [0, 0.05) is 30.8 Å². The van der Waals surface area contributed by atoms with Crippen LogP contribution in [-0.4, -0.2) is 33.5 Å². The molecule has 1 aromatic heterocycles. The van der Waals surface area contributed by atoms with Gasteiger partial charge < -0.3 is 14.2 Å². The Hall–Kier alpha value is -4.19. The summed E-state index contributed by atoms with van der Waals surface area (Å²) >= 11 is 0. The number of nitrogens with zero attached hydrogens (tertiary/aromatic N) is 3. The number of hydrogen-bond acceptors (Lipinski definition) is 3. The Balaban J connectivity index is 1.23. The molecule has 1 fully saturated rings. The van der Waals surface area contributed by atoms with Crippen molar-refractivity contribution in [3.05, 3.63) is 108 Å². The Morgan fingerprint density at radius 3 is 2.58 bits per heavy atom. The zero-order valence-corrected chi connectivity index (χ0v) is 19.8. The van der Waals surface area contributed by atoms with Crippen LogP contribution in [0.3, 0.4) is 0 Å². The van der Waals surface area contributed by atoms with Gasteiger partial charge in [-0.15, -0.1) is 0 Å². The number of carbonyl (C=O) groups is 1. The van der Waals surface area contributed by atoms with E-state index in [4.69, 9.17) is 9.72 Å². The fourth-order valence-electron chi connectivity index (χ4n) is 5.12. The summed E-state index contributed by atoms with van der Waals surface area (Å²) in [6, 6.07) is 28.7. The first-order valence-electron chi connectivity index (χ1n) is 12.2. The van der Waals surface area contributed by atoms with E-state index in [9.17, 15) is 9.18 Å². The number of benzene rings is 4. The van der Waals surface area contributed by atoms with Gasteiger partial charge >= 0.3 is 0 Å². The molecule has 2 heterocycles. The highest BCUT2D eigenvalue weighted by atomic mass is 19.1. The first-order valence-corrected chi connectivity index (χ1v) is 12.2. The predicted octanol–water partition coefficient (Wildman–Crippen LogP) is 5.92. The fraction of sp³-hybridized carbons (Fsp3) is 0.200. The van der Waals surface area contributed by atoms with E-state index in [1.807, 2.05) is 47.4 Å². The van der Waals surface area contributed by atoms with Gasteiger partial charge in [-0.1, -0.05) is 60.7 Å². The molecular formula is C30H26FN3O2. The Kier molecular flexibility index (Phi) is 5.85. The Bertz CT molecular complexity index is 1540. The number of ether oxygens (including phenoxy) is 1. The van der Waals surface area contributed by atoms with Crippen molar-refractivity contribution in [3.63, 3.8) is 0 Å². The van der Waals surface area contributed by atoms with Crippen molar-refractivity contribution in [2.24, 2.45) is 0 Å². The van der Waals surface area contributed by atoms with Crippen LogP contribution in [-0.2, 0) is 17.9 Å². The molecule has 6 rings (SSSR count). The molecule has 5 aromatic rings. The molecule has 5 nitrogen and oxygen atoms in total.